The summed E-state index contributed by atoms with van der Waals surface area (Å²) in [4.78, 5) is 37.5. The van der Waals surface area contributed by atoms with Crippen molar-refractivity contribution in [2.45, 2.75) is 19.9 Å². The first-order valence-corrected chi connectivity index (χ1v) is 6.28. The number of rotatable bonds is 4. The average molecular weight is 273 g/mol. The van der Waals surface area contributed by atoms with Crippen molar-refractivity contribution in [2.24, 2.45) is 0 Å². The van der Waals surface area contributed by atoms with Crippen molar-refractivity contribution in [1.29, 1.82) is 0 Å². The summed E-state index contributed by atoms with van der Waals surface area (Å²) in [7, 11) is 0. The molecule has 1 heterocycles. The molecule has 1 atom stereocenters. The van der Waals surface area contributed by atoms with E-state index in [9.17, 15) is 14.4 Å². The van der Waals surface area contributed by atoms with Gasteiger partial charge in [0.1, 0.15) is 0 Å². The van der Waals surface area contributed by atoms with Crippen molar-refractivity contribution in [2.75, 3.05) is 6.61 Å². The Labute approximate surface area is 116 Å². The second-order valence-electron chi connectivity index (χ2n) is 4.53. The van der Waals surface area contributed by atoms with E-state index in [0.29, 0.717) is 16.7 Å². The zero-order chi connectivity index (χ0) is 14.9. The van der Waals surface area contributed by atoms with Gasteiger partial charge in [-0.25, -0.2) is 4.79 Å². The molecule has 1 unspecified atom stereocenters. The van der Waals surface area contributed by atoms with Gasteiger partial charge in [0.2, 0.25) is 0 Å². The fourth-order valence-electron chi connectivity index (χ4n) is 2.19. The molecule has 0 radical (unpaired) electrons. The van der Waals surface area contributed by atoms with E-state index in [0.717, 1.165) is 4.90 Å². The summed E-state index contributed by atoms with van der Waals surface area (Å²) in [5, 5.41) is 0. The molecule has 0 saturated carbocycles. The number of esters is 1. The lowest BCUT2D eigenvalue weighted by Crippen LogP contribution is -2.46. The van der Waals surface area contributed by atoms with E-state index in [4.69, 9.17) is 4.74 Å². The normalized spacial score (nSPS) is 15.0. The van der Waals surface area contributed by atoms with Crippen LogP contribution in [0.1, 0.15) is 34.6 Å². The molecule has 1 aliphatic heterocycles. The summed E-state index contributed by atoms with van der Waals surface area (Å²) in [5.74, 6) is -1.63. The molecule has 0 fully saturated rings. The standard InChI is InChI=1S/C15H15NO4/c1-4-20-15(19)12(9(2)3)16-13(17)10-7-5-6-8-11(10)14(16)18/h5-8,12H,2,4H2,1,3H3. The molecule has 0 bridgehead atoms. The number of hydrogen-bond donors (Lipinski definition) is 0. The van der Waals surface area contributed by atoms with Crippen LogP contribution in [0.25, 0.3) is 0 Å². The molecule has 5 nitrogen and oxygen atoms in total. The van der Waals surface area contributed by atoms with E-state index in [2.05, 4.69) is 6.58 Å². The van der Waals surface area contributed by atoms with E-state index >= 15 is 0 Å². The second kappa shape index (κ2) is 5.28. The van der Waals surface area contributed by atoms with E-state index in [1.165, 1.54) is 0 Å². The van der Waals surface area contributed by atoms with Gasteiger partial charge in [0.25, 0.3) is 11.8 Å². The van der Waals surface area contributed by atoms with Gasteiger partial charge in [-0.3, -0.25) is 14.5 Å². The average Bonchev–Trinajstić information content (AvgIpc) is 2.65. The molecule has 0 saturated heterocycles. The summed E-state index contributed by atoms with van der Waals surface area (Å²) in [5.41, 5.74) is 0.985. The smallest absolute Gasteiger partial charge is 0.333 e. The van der Waals surface area contributed by atoms with Crippen molar-refractivity contribution in [1.82, 2.24) is 4.90 Å². The van der Waals surface area contributed by atoms with Crippen LogP contribution in [-0.2, 0) is 9.53 Å². The summed E-state index contributed by atoms with van der Waals surface area (Å²) < 4.78 is 4.93. The first kappa shape index (κ1) is 14.0. The summed E-state index contributed by atoms with van der Waals surface area (Å²) in [6, 6.07) is 5.40. The quantitative estimate of drug-likeness (QED) is 0.476. The first-order valence-electron chi connectivity index (χ1n) is 6.28. The lowest BCUT2D eigenvalue weighted by Gasteiger charge is -2.24. The number of imide groups is 1. The Kier molecular flexibility index (Phi) is 3.70. The Morgan fingerprint density at radius 3 is 2.15 bits per heavy atom. The van der Waals surface area contributed by atoms with E-state index in [1.807, 2.05) is 0 Å². The fraction of sp³-hybridized carbons (Fsp3) is 0.267. The molecule has 1 aliphatic rings. The SMILES string of the molecule is C=C(C)C(C(=O)OCC)N1C(=O)c2ccccc2C1=O. The Hall–Kier alpha value is -2.43. The molecule has 2 amide bonds. The number of benzene rings is 1. The molecular formula is C15H15NO4. The highest BCUT2D eigenvalue weighted by atomic mass is 16.5. The lowest BCUT2D eigenvalue weighted by atomic mass is 10.1. The minimum atomic E-state index is -1.08. The van der Waals surface area contributed by atoms with Crippen LogP contribution in [0.15, 0.2) is 36.4 Å². The van der Waals surface area contributed by atoms with Gasteiger partial charge < -0.3 is 4.74 Å². The van der Waals surface area contributed by atoms with E-state index in [-0.39, 0.29) is 6.61 Å². The Bertz CT molecular complexity index is 571. The maximum Gasteiger partial charge on any atom is 0.333 e. The van der Waals surface area contributed by atoms with E-state index < -0.39 is 23.8 Å². The number of carbonyl (C=O) groups is 3. The van der Waals surface area contributed by atoms with Gasteiger partial charge in [-0.05, 0) is 31.6 Å². The molecule has 0 spiro atoms. The topological polar surface area (TPSA) is 63.7 Å². The highest BCUT2D eigenvalue weighted by Crippen LogP contribution is 2.27. The molecule has 0 aromatic heterocycles. The summed E-state index contributed by atoms with van der Waals surface area (Å²) in [6.07, 6.45) is 0. The molecular weight excluding hydrogens is 258 g/mol. The minimum Gasteiger partial charge on any atom is -0.464 e. The van der Waals surface area contributed by atoms with Crippen LogP contribution >= 0.6 is 0 Å². The highest BCUT2D eigenvalue weighted by Gasteiger charge is 2.43. The van der Waals surface area contributed by atoms with E-state index in [1.54, 1.807) is 38.1 Å². The summed E-state index contributed by atoms with van der Waals surface area (Å²) in [6.45, 7) is 7.11. The van der Waals surface area contributed by atoms with Crippen LogP contribution in [0.3, 0.4) is 0 Å². The molecule has 1 aromatic rings. The van der Waals surface area contributed by atoms with Crippen molar-refractivity contribution in [3.63, 3.8) is 0 Å². The zero-order valence-electron chi connectivity index (χ0n) is 11.4. The molecule has 5 heteroatoms. The predicted octanol–water partition coefficient (Wildman–Crippen LogP) is 1.79. The Balaban J connectivity index is 2.42. The highest BCUT2D eigenvalue weighted by molar-refractivity contribution is 6.23. The van der Waals surface area contributed by atoms with Gasteiger partial charge in [-0.2, -0.15) is 0 Å². The fourth-order valence-corrected chi connectivity index (χ4v) is 2.19. The van der Waals surface area contributed by atoms with Gasteiger partial charge in [-0.15, -0.1) is 0 Å². The van der Waals surface area contributed by atoms with Crippen LogP contribution in [-0.4, -0.2) is 35.3 Å². The van der Waals surface area contributed by atoms with Crippen LogP contribution in [0.2, 0.25) is 0 Å². The maximum absolute atomic E-state index is 12.3. The Morgan fingerprint density at radius 2 is 1.75 bits per heavy atom. The number of hydrogen-bond acceptors (Lipinski definition) is 4. The monoisotopic (exact) mass is 273 g/mol. The van der Waals surface area contributed by atoms with Crippen molar-refractivity contribution in [3.05, 3.63) is 47.5 Å². The van der Waals surface area contributed by atoms with Crippen LogP contribution in [0, 0.1) is 0 Å². The molecule has 104 valence electrons. The largest absolute Gasteiger partial charge is 0.464 e. The number of amides is 2. The summed E-state index contributed by atoms with van der Waals surface area (Å²) >= 11 is 0. The van der Waals surface area contributed by atoms with Gasteiger partial charge in [0, 0.05) is 0 Å². The molecule has 0 N–H and O–H groups in total. The first-order chi connectivity index (χ1) is 9.49. The number of nitrogens with zero attached hydrogens (tertiary/aromatic N) is 1. The molecule has 1 aromatic carbocycles. The van der Waals surface area contributed by atoms with Gasteiger partial charge in [0.05, 0.1) is 17.7 Å². The van der Waals surface area contributed by atoms with Crippen molar-refractivity contribution >= 4 is 17.8 Å². The number of fused-ring (bicyclic) bond motifs is 1. The van der Waals surface area contributed by atoms with Crippen LogP contribution in [0.5, 0.6) is 0 Å². The van der Waals surface area contributed by atoms with Crippen molar-refractivity contribution in [3.8, 4) is 0 Å². The third-order valence-corrected chi connectivity index (χ3v) is 3.06. The predicted molar refractivity (Wildman–Crippen MR) is 72.2 cm³/mol. The molecule has 0 aliphatic carbocycles. The minimum absolute atomic E-state index is 0.172. The van der Waals surface area contributed by atoms with Gasteiger partial charge in [-0.1, -0.05) is 18.7 Å². The Morgan fingerprint density at radius 1 is 1.25 bits per heavy atom. The second-order valence-corrected chi connectivity index (χ2v) is 4.53. The van der Waals surface area contributed by atoms with Crippen LogP contribution in [0.4, 0.5) is 0 Å². The molecule has 2 rings (SSSR count). The third-order valence-electron chi connectivity index (χ3n) is 3.06. The third kappa shape index (κ3) is 2.11. The number of ether oxygens (including phenoxy) is 1. The number of carbonyl (C=O) groups excluding carboxylic acids is 3. The van der Waals surface area contributed by atoms with Gasteiger partial charge in [0.15, 0.2) is 6.04 Å². The van der Waals surface area contributed by atoms with Gasteiger partial charge >= 0.3 is 5.97 Å². The molecule has 20 heavy (non-hydrogen) atoms. The lowest BCUT2D eigenvalue weighted by molar-refractivity contribution is -0.146. The maximum atomic E-state index is 12.3. The zero-order valence-corrected chi connectivity index (χ0v) is 11.4. The van der Waals surface area contributed by atoms with Crippen LogP contribution < -0.4 is 0 Å². The van der Waals surface area contributed by atoms with Crippen molar-refractivity contribution < 1.29 is 19.1 Å².